The Morgan fingerprint density at radius 1 is 1.71 bits per heavy atom. The monoisotopic (exact) mass is 207 g/mol. The number of thiazole rings is 1. The van der Waals surface area contributed by atoms with Gasteiger partial charge in [0.15, 0.2) is 10.8 Å². The van der Waals surface area contributed by atoms with Crippen LogP contribution in [0, 0.1) is 17.2 Å². The van der Waals surface area contributed by atoms with Crippen LogP contribution in [0.5, 0.6) is 0 Å². The summed E-state index contributed by atoms with van der Waals surface area (Å²) in [5.74, 6) is 0.748. The highest BCUT2D eigenvalue weighted by Gasteiger charge is 2.18. The second-order valence-electron chi connectivity index (χ2n) is 3.82. The molecule has 0 spiro atoms. The van der Waals surface area contributed by atoms with Crippen molar-refractivity contribution in [3.63, 3.8) is 0 Å². The summed E-state index contributed by atoms with van der Waals surface area (Å²) in [7, 11) is 0. The van der Waals surface area contributed by atoms with Gasteiger partial charge in [0, 0.05) is 18.5 Å². The molecule has 1 aliphatic rings. The topological polar surface area (TPSA) is 39.9 Å². The van der Waals surface area contributed by atoms with Crippen molar-refractivity contribution >= 4 is 16.5 Å². The van der Waals surface area contributed by atoms with Crippen LogP contribution in [0.3, 0.4) is 0 Å². The van der Waals surface area contributed by atoms with Gasteiger partial charge in [-0.25, -0.2) is 4.98 Å². The van der Waals surface area contributed by atoms with E-state index in [4.69, 9.17) is 5.26 Å². The fraction of sp³-hybridized carbons (Fsp3) is 0.600. The summed E-state index contributed by atoms with van der Waals surface area (Å²) in [5, 5.41) is 11.5. The fourth-order valence-electron chi connectivity index (χ4n) is 1.82. The van der Waals surface area contributed by atoms with E-state index in [2.05, 4.69) is 22.9 Å². The standard InChI is InChI=1S/C10H13N3S/c1-8-3-2-4-13(6-8)10-12-9(5-11)7-14-10/h7-8H,2-4,6H2,1H3. The molecule has 1 unspecified atom stereocenters. The number of hydrogen-bond donors (Lipinski definition) is 0. The Kier molecular flexibility index (Phi) is 2.69. The largest absolute Gasteiger partial charge is 0.348 e. The molecular weight excluding hydrogens is 194 g/mol. The fourth-order valence-corrected chi connectivity index (χ4v) is 2.61. The molecule has 0 aliphatic carbocycles. The zero-order chi connectivity index (χ0) is 9.97. The Balaban J connectivity index is 2.10. The van der Waals surface area contributed by atoms with E-state index in [0.717, 1.165) is 24.1 Å². The van der Waals surface area contributed by atoms with Crippen molar-refractivity contribution in [3.8, 4) is 6.07 Å². The maximum absolute atomic E-state index is 8.68. The number of anilines is 1. The van der Waals surface area contributed by atoms with E-state index in [1.165, 1.54) is 12.8 Å². The highest BCUT2D eigenvalue weighted by Crippen LogP contribution is 2.25. The van der Waals surface area contributed by atoms with Crippen molar-refractivity contribution in [1.29, 1.82) is 5.26 Å². The van der Waals surface area contributed by atoms with Crippen molar-refractivity contribution in [2.45, 2.75) is 19.8 Å². The molecule has 4 heteroatoms. The minimum absolute atomic E-state index is 0.545. The molecule has 1 fully saturated rings. The first kappa shape index (κ1) is 9.47. The molecule has 0 N–H and O–H groups in total. The predicted octanol–water partition coefficient (Wildman–Crippen LogP) is 2.25. The SMILES string of the molecule is CC1CCCN(c2nc(C#N)cs2)C1. The van der Waals surface area contributed by atoms with Crippen molar-refractivity contribution in [3.05, 3.63) is 11.1 Å². The summed E-state index contributed by atoms with van der Waals surface area (Å²) < 4.78 is 0. The summed E-state index contributed by atoms with van der Waals surface area (Å²) in [5.41, 5.74) is 0.545. The minimum Gasteiger partial charge on any atom is -0.348 e. The lowest BCUT2D eigenvalue weighted by molar-refractivity contribution is 0.446. The number of rotatable bonds is 1. The summed E-state index contributed by atoms with van der Waals surface area (Å²) >= 11 is 1.57. The molecule has 0 bridgehead atoms. The van der Waals surface area contributed by atoms with Crippen LogP contribution in [0.15, 0.2) is 5.38 Å². The van der Waals surface area contributed by atoms with E-state index in [1.807, 2.05) is 5.38 Å². The minimum atomic E-state index is 0.545. The Morgan fingerprint density at radius 3 is 3.21 bits per heavy atom. The Hall–Kier alpha value is -1.08. The van der Waals surface area contributed by atoms with Crippen LogP contribution in [0.1, 0.15) is 25.5 Å². The normalized spacial score (nSPS) is 22.0. The van der Waals surface area contributed by atoms with Gasteiger partial charge in [-0.1, -0.05) is 6.92 Å². The molecular formula is C10H13N3S. The average molecular weight is 207 g/mol. The van der Waals surface area contributed by atoms with Crippen LogP contribution in [-0.4, -0.2) is 18.1 Å². The van der Waals surface area contributed by atoms with Crippen molar-refractivity contribution in [2.75, 3.05) is 18.0 Å². The molecule has 0 aromatic carbocycles. The third-order valence-corrected chi connectivity index (χ3v) is 3.44. The van der Waals surface area contributed by atoms with Crippen LogP contribution >= 0.6 is 11.3 Å². The van der Waals surface area contributed by atoms with Crippen LogP contribution in [0.2, 0.25) is 0 Å². The van der Waals surface area contributed by atoms with E-state index in [0.29, 0.717) is 5.69 Å². The molecule has 1 aliphatic heterocycles. The third kappa shape index (κ3) is 1.88. The molecule has 0 radical (unpaired) electrons. The van der Waals surface area contributed by atoms with Gasteiger partial charge < -0.3 is 4.90 Å². The molecule has 0 amide bonds. The Bertz CT molecular complexity index is 352. The molecule has 1 atom stereocenters. The number of nitrogens with zero attached hydrogens (tertiary/aromatic N) is 3. The van der Waals surface area contributed by atoms with E-state index >= 15 is 0 Å². The van der Waals surface area contributed by atoms with Gasteiger partial charge in [0.1, 0.15) is 6.07 Å². The maximum atomic E-state index is 8.68. The summed E-state index contributed by atoms with van der Waals surface area (Å²) in [6.45, 7) is 4.44. The number of hydrogen-bond acceptors (Lipinski definition) is 4. The zero-order valence-electron chi connectivity index (χ0n) is 8.23. The molecule has 1 aromatic heterocycles. The van der Waals surface area contributed by atoms with Gasteiger partial charge in [-0.2, -0.15) is 5.26 Å². The van der Waals surface area contributed by atoms with Crippen LogP contribution in [-0.2, 0) is 0 Å². The maximum Gasteiger partial charge on any atom is 0.186 e. The van der Waals surface area contributed by atoms with Gasteiger partial charge in [-0.3, -0.25) is 0 Å². The van der Waals surface area contributed by atoms with E-state index in [9.17, 15) is 0 Å². The second-order valence-corrected chi connectivity index (χ2v) is 4.66. The highest BCUT2D eigenvalue weighted by atomic mass is 32.1. The Labute approximate surface area is 88.0 Å². The molecule has 14 heavy (non-hydrogen) atoms. The third-order valence-electron chi connectivity index (χ3n) is 2.53. The lowest BCUT2D eigenvalue weighted by Crippen LogP contribution is -2.34. The first-order valence-corrected chi connectivity index (χ1v) is 5.78. The Morgan fingerprint density at radius 2 is 2.57 bits per heavy atom. The van der Waals surface area contributed by atoms with Crippen LogP contribution < -0.4 is 4.90 Å². The van der Waals surface area contributed by atoms with E-state index in [-0.39, 0.29) is 0 Å². The number of aromatic nitrogens is 1. The summed E-state index contributed by atoms with van der Waals surface area (Å²) in [6, 6.07) is 2.07. The van der Waals surface area contributed by atoms with Gasteiger partial charge in [0.2, 0.25) is 0 Å². The average Bonchev–Trinajstić information content (AvgIpc) is 2.66. The van der Waals surface area contributed by atoms with Gasteiger partial charge in [-0.05, 0) is 18.8 Å². The molecule has 74 valence electrons. The van der Waals surface area contributed by atoms with Gasteiger partial charge in [0.25, 0.3) is 0 Å². The lowest BCUT2D eigenvalue weighted by Gasteiger charge is -2.30. The van der Waals surface area contributed by atoms with Crippen molar-refractivity contribution in [2.24, 2.45) is 5.92 Å². The molecule has 0 saturated carbocycles. The molecule has 2 rings (SSSR count). The van der Waals surface area contributed by atoms with Crippen molar-refractivity contribution in [1.82, 2.24) is 4.98 Å². The molecule has 3 nitrogen and oxygen atoms in total. The van der Waals surface area contributed by atoms with Crippen LogP contribution in [0.4, 0.5) is 5.13 Å². The smallest absolute Gasteiger partial charge is 0.186 e. The van der Waals surface area contributed by atoms with Crippen molar-refractivity contribution < 1.29 is 0 Å². The highest BCUT2D eigenvalue weighted by molar-refractivity contribution is 7.13. The second kappa shape index (κ2) is 3.97. The number of piperidine rings is 1. The first-order chi connectivity index (χ1) is 6.79. The van der Waals surface area contributed by atoms with Crippen LogP contribution in [0.25, 0.3) is 0 Å². The number of nitriles is 1. The molecule has 1 aromatic rings. The molecule has 2 heterocycles. The molecule has 1 saturated heterocycles. The van der Waals surface area contributed by atoms with Gasteiger partial charge in [-0.15, -0.1) is 11.3 Å². The van der Waals surface area contributed by atoms with Gasteiger partial charge in [0.05, 0.1) is 0 Å². The first-order valence-electron chi connectivity index (χ1n) is 4.90. The quantitative estimate of drug-likeness (QED) is 0.709. The van der Waals surface area contributed by atoms with E-state index in [1.54, 1.807) is 11.3 Å². The summed E-state index contributed by atoms with van der Waals surface area (Å²) in [6.07, 6.45) is 2.55. The zero-order valence-corrected chi connectivity index (χ0v) is 9.05. The lowest BCUT2D eigenvalue weighted by atomic mass is 10.0. The van der Waals surface area contributed by atoms with Gasteiger partial charge >= 0.3 is 0 Å². The predicted molar refractivity (Wildman–Crippen MR) is 57.4 cm³/mol. The van der Waals surface area contributed by atoms with E-state index < -0.39 is 0 Å². The summed E-state index contributed by atoms with van der Waals surface area (Å²) in [4.78, 5) is 6.56.